The second-order valence-electron chi connectivity index (χ2n) is 2.63. The summed E-state index contributed by atoms with van der Waals surface area (Å²) in [6, 6.07) is 5.25. The molecule has 1 N–H and O–H groups in total. The number of methoxy groups -OCH3 is 2. The van der Waals surface area contributed by atoms with Crippen LogP contribution in [0.1, 0.15) is 10.4 Å². The summed E-state index contributed by atoms with van der Waals surface area (Å²) in [4.78, 5) is 11.3. The van der Waals surface area contributed by atoms with Gasteiger partial charge in [0.05, 0.1) is 19.9 Å². The number of anilines is 1. The lowest BCUT2D eigenvalue weighted by Crippen LogP contribution is -2.05. The van der Waals surface area contributed by atoms with Crippen molar-refractivity contribution < 1.29 is 14.3 Å². The average molecular weight is 195 g/mol. The molecule has 0 saturated heterocycles. The van der Waals surface area contributed by atoms with Crippen molar-refractivity contribution in [3.05, 3.63) is 23.8 Å². The van der Waals surface area contributed by atoms with Crippen molar-refractivity contribution in [1.82, 2.24) is 0 Å². The fourth-order valence-corrected chi connectivity index (χ4v) is 1.22. The third-order valence-electron chi connectivity index (χ3n) is 1.89. The predicted molar refractivity (Wildman–Crippen MR) is 53.9 cm³/mol. The van der Waals surface area contributed by atoms with Crippen molar-refractivity contribution in [3.8, 4) is 5.75 Å². The van der Waals surface area contributed by atoms with E-state index in [9.17, 15) is 4.79 Å². The zero-order valence-electron chi connectivity index (χ0n) is 8.46. The van der Waals surface area contributed by atoms with E-state index in [0.717, 1.165) is 5.69 Å². The van der Waals surface area contributed by atoms with Gasteiger partial charge in [-0.15, -0.1) is 0 Å². The highest BCUT2D eigenvalue weighted by Gasteiger charge is 2.14. The van der Waals surface area contributed by atoms with E-state index in [4.69, 9.17) is 4.74 Å². The number of benzene rings is 1. The molecule has 0 heterocycles. The molecule has 0 aliphatic carbocycles. The molecule has 0 saturated carbocycles. The minimum atomic E-state index is -0.404. The molecule has 4 nitrogen and oxygen atoms in total. The Bertz CT molecular complexity index is 336. The van der Waals surface area contributed by atoms with Gasteiger partial charge in [0, 0.05) is 7.05 Å². The van der Waals surface area contributed by atoms with Gasteiger partial charge in [0.1, 0.15) is 5.56 Å². The molecule has 0 bridgehead atoms. The lowest BCUT2D eigenvalue weighted by Gasteiger charge is -2.11. The SMILES string of the molecule is CNc1cccc(C(=O)OC)c1OC. The summed E-state index contributed by atoms with van der Waals surface area (Å²) in [5.41, 5.74) is 1.18. The number of hydrogen-bond donors (Lipinski definition) is 1. The number of hydrogen-bond acceptors (Lipinski definition) is 4. The molecule has 1 aromatic rings. The van der Waals surface area contributed by atoms with Crippen molar-refractivity contribution in [2.45, 2.75) is 0 Å². The van der Waals surface area contributed by atoms with Crippen LogP contribution in [0.4, 0.5) is 5.69 Å². The first-order valence-electron chi connectivity index (χ1n) is 4.17. The Balaban J connectivity index is 3.21. The highest BCUT2D eigenvalue weighted by atomic mass is 16.5. The molecule has 1 rings (SSSR count). The number of nitrogens with one attached hydrogen (secondary N) is 1. The first-order chi connectivity index (χ1) is 6.74. The van der Waals surface area contributed by atoms with E-state index in [-0.39, 0.29) is 0 Å². The molecular weight excluding hydrogens is 182 g/mol. The number of para-hydroxylation sites is 1. The molecule has 0 unspecified atom stereocenters. The molecule has 0 atom stereocenters. The number of rotatable bonds is 3. The minimum Gasteiger partial charge on any atom is -0.494 e. The molecule has 0 aliphatic rings. The van der Waals surface area contributed by atoms with Crippen LogP contribution < -0.4 is 10.1 Å². The Kier molecular flexibility index (Phi) is 3.34. The Labute approximate surface area is 82.8 Å². The minimum absolute atomic E-state index is 0.404. The average Bonchev–Trinajstić information content (AvgIpc) is 2.26. The molecule has 76 valence electrons. The zero-order chi connectivity index (χ0) is 10.6. The third kappa shape index (κ3) is 1.79. The summed E-state index contributed by atoms with van der Waals surface area (Å²) in [5.74, 6) is 0.0980. The van der Waals surface area contributed by atoms with E-state index in [0.29, 0.717) is 11.3 Å². The van der Waals surface area contributed by atoms with Gasteiger partial charge < -0.3 is 14.8 Å². The Hall–Kier alpha value is -1.71. The van der Waals surface area contributed by atoms with Crippen LogP contribution in [0.15, 0.2) is 18.2 Å². The van der Waals surface area contributed by atoms with Crippen molar-refractivity contribution in [2.75, 3.05) is 26.6 Å². The van der Waals surface area contributed by atoms with Crippen LogP contribution >= 0.6 is 0 Å². The summed E-state index contributed by atoms with van der Waals surface area (Å²) in [7, 11) is 4.62. The quantitative estimate of drug-likeness (QED) is 0.743. The van der Waals surface area contributed by atoms with Crippen molar-refractivity contribution >= 4 is 11.7 Å². The van der Waals surface area contributed by atoms with Crippen LogP contribution in [-0.4, -0.2) is 27.2 Å². The lowest BCUT2D eigenvalue weighted by molar-refractivity contribution is 0.0597. The van der Waals surface area contributed by atoms with Crippen LogP contribution in [0.25, 0.3) is 0 Å². The van der Waals surface area contributed by atoms with Crippen molar-refractivity contribution in [3.63, 3.8) is 0 Å². The van der Waals surface area contributed by atoms with Crippen LogP contribution in [0.3, 0.4) is 0 Å². The van der Waals surface area contributed by atoms with Crippen LogP contribution in [0, 0.1) is 0 Å². The first-order valence-corrected chi connectivity index (χ1v) is 4.17. The second-order valence-corrected chi connectivity index (χ2v) is 2.63. The van der Waals surface area contributed by atoms with Gasteiger partial charge in [0.15, 0.2) is 5.75 Å². The van der Waals surface area contributed by atoms with Gasteiger partial charge in [-0.1, -0.05) is 6.07 Å². The highest BCUT2D eigenvalue weighted by molar-refractivity contribution is 5.94. The van der Waals surface area contributed by atoms with Gasteiger partial charge in [0.25, 0.3) is 0 Å². The monoisotopic (exact) mass is 195 g/mol. The number of carbonyl (C=O) groups is 1. The van der Waals surface area contributed by atoms with Gasteiger partial charge >= 0.3 is 5.97 Å². The molecule has 0 aromatic heterocycles. The standard InChI is InChI=1S/C10H13NO3/c1-11-8-6-4-5-7(9(8)13-2)10(12)14-3/h4-6,11H,1-3H3. The van der Waals surface area contributed by atoms with Gasteiger partial charge in [-0.05, 0) is 12.1 Å². The molecule has 14 heavy (non-hydrogen) atoms. The van der Waals surface area contributed by atoms with Gasteiger partial charge in [-0.2, -0.15) is 0 Å². The van der Waals surface area contributed by atoms with E-state index in [1.54, 1.807) is 19.2 Å². The first kappa shape index (κ1) is 10.4. The largest absolute Gasteiger partial charge is 0.494 e. The number of esters is 1. The normalized spacial score (nSPS) is 9.36. The maximum Gasteiger partial charge on any atom is 0.341 e. The summed E-state index contributed by atoms with van der Waals surface area (Å²) < 4.78 is 9.76. The summed E-state index contributed by atoms with van der Waals surface area (Å²) in [5, 5.41) is 2.93. The van der Waals surface area contributed by atoms with Crippen molar-refractivity contribution in [1.29, 1.82) is 0 Å². The Morgan fingerprint density at radius 1 is 1.36 bits per heavy atom. The topological polar surface area (TPSA) is 47.6 Å². The number of carbonyl (C=O) groups excluding carboxylic acids is 1. The smallest absolute Gasteiger partial charge is 0.341 e. The van der Waals surface area contributed by atoms with E-state index >= 15 is 0 Å². The van der Waals surface area contributed by atoms with Crippen molar-refractivity contribution in [2.24, 2.45) is 0 Å². The molecule has 0 spiro atoms. The van der Waals surface area contributed by atoms with E-state index in [1.807, 2.05) is 6.07 Å². The van der Waals surface area contributed by atoms with Gasteiger partial charge in [0.2, 0.25) is 0 Å². The zero-order valence-corrected chi connectivity index (χ0v) is 8.46. The highest BCUT2D eigenvalue weighted by Crippen LogP contribution is 2.28. The van der Waals surface area contributed by atoms with Gasteiger partial charge in [-0.25, -0.2) is 4.79 Å². The molecule has 1 aromatic carbocycles. The molecule has 0 radical (unpaired) electrons. The summed E-state index contributed by atoms with van der Waals surface area (Å²) in [6.45, 7) is 0. The summed E-state index contributed by atoms with van der Waals surface area (Å²) in [6.07, 6.45) is 0. The van der Waals surface area contributed by atoms with E-state index < -0.39 is 5.97 Å². The van der Waals surface area contributed by atoms with E-state index in [1.165, 1.54) is 14.2 Å². The third-order valence-corrected chi connectivity index (χ3v) is 1.89. The molecular formula is C10H13NO3. The molecule has 0 amide bonds. The molecule has 0 aliphatic heterocycles. The maximum atomic E-state index is 11.3. The van der Waals surface area contributed by atoms with E-state index in [2.05, 4.69) is 10.1 Å². The summed E-state index contributed by atoms with van der Waals surface area (Å²) >= 11 is 0. The fraction of sp³-hybridized carbons (Fsp3) is 0.300. The predicted octanol–water partition coefficient (Wildman–Crippen LogP) is 1.52. The Morgan fingerprint density at radius 2 is 2.07 bits per heavy atom. The molecule has 4 heteroatoms. The maximum absolute atomic E-state index is 11.3. The van der Waals surface area contributed by atoms with Crippen LogP contribution in [-0.2, 0) is 4.74 Å². The van der Waals surface area contributed by atoms with Gasteiger partial charge in [-0.3, -0.25) is 0 Å². The van der Waals surface area contributed by atoms with Crippen LogP contribution in [0.2, 0.25) is 0 Å². The fourth-order valence-electron chi connectivity index (χ4n) is 1.22. The molecule has 0 fully saturated rings. The second kappa shape index (κ2) is 4.50. The van der Waals surface area contributed by atoms with Crippen LogP contribution in [0.5, 0.6) is 5.75 Å². The number of ether oxygens (including phenoxy) is 2. The Morgan fingerprint density at radius 3 is 2.57 bits per heavy atom. The lowest BCUT2D eigenvalue weighted by atomic mass is 10.1.